The van der Waals surface area contributed by atoms with Crippen molar-refractivity contribution in [2.75, 3.05) is 5.32 Å². The van der Waals surface area contributed by atoms with Crippen molar-refractivity contribution in [1.82, 2.24) is 19.6 Å². The number of carbonyl (C=O) groups is 1. The van der Waals surface area contributed by atoms with Crippen molar-refractivity contribution >= 4 is 83.5 Å². The second-order valence-corrected chi connectivity index (χ2v) is 10.3. The third kappa shape index (κ3) is 3.05. The maximum atomic E-state index is 12.5. The van der Waals surface area contributed by atoms with Crippen LogP contribution < -0.4 is 5.32 Å². The smallest absolute Gasteiger partial charge is 0.267 e. The van der Waals surface area contributed by atoms with Crippen LogP contribution in [0.15, 0.2) is 39.5 Å². The van der Waals surface area contributed by atoms with Gasteiger partial charge in [0.15, 0.2) is 9.30 Å². The van der Waals surface area contributed by atoms with Gasteiger partial charge in [0.05, 0.1) is 10.4 Å². The minimum atomic E-state index is -0.178. The maximum absolute atomic E-state index is 12.5. The predicted molar refractivity (Wildman–Crippen MR) is 110 cm³/mol. The Balaban J connectivity index is 1.29. The fourth-order valence-electron chi connectivity index (χ4n) is 2.36. The summed E-state index contributed by atoms with van der Waals surface area (Å²) in [4.78, 5) is 20.8. The Bertz CT molecular complexity index is 1200. The van der Waals surface area contributed by atoms with Gasteiger partial charge in [0.1, 0.15) is 4.83 Å². The van der Waals surface area contributed by atoms with Gasteiger partial charge < -0.3 is 0 Å². The van der Waals surface area contributed by atoms with Gasteiger partial charge in [0, 0.05) is 22.2 Å². The van der Waals surface area contributed by atoms with Crippen molar-refractivity contribution in [3.05, 3.63) is 44.9 Å². The molecular formula is C15H9N5OS5. The predicted octanol–water partition coefficient (Wildman–Crippen LogP) is 5.07. The number of fused-ring (bicyclic) bond motifs is 3. The van der Waals surface area contributed by atoms with Crippen LogP contribution in [-0.4, -0.2) is 25.5 Å². The maximum Gasteiger partial charge on any atom is 0.267 e. The molecule has 0 unspecified atom stereocenters. The van der Waals surface area contributed by atoms with Gasteiger partial charge in [-0.3, -0.25) is 14.5 Å². The van der Waals surface area contributed by atoms with Crippen LogP contribution in [0.5, 0.6) is 0 Å². The van der Waals surface area contributed by atoms with Crippen molar-refractivity contribution in [2.24, 2.45) is 0 Å². The Morgan fingerprint density at radius 2 is 2.19 bits per heavy atom. The molecule has 1 N–H and O–H groups in total. The van der Waals surface area contributed by atoms with Crippen LogP contribution in [0.2, 0.25) is 0 Å². The zero-order valence-electron chi connectivity index (χ0n) is 12.9. The molecule has 6 nitrogen and oxygen atoms in total. The Morgan fingerprint density at radius 1 is 1.23 bits per heavy atom. The van der Waals surface area contributed by atoms with E-state index >= 15 is 0 Å². The fourth-order valence-corrected chi connectivity index (χ4v) is 6.58. The topological polar surface area (TPSA) is 72.2 Å². The number of nitrogens with zero attached hydrogens (tertiary/aromatic N) is 4. The summed E-state index contributed by atoms with van der Waals surface area (Å²) in [5.74, 6) is 0.683. The van der Waals surface area contributed by atoms with Crippen LogP contribution in [0.1, 0.15) is 14.5 Å². The first-order chi connectivity index (χ1) is 12.8. The molecule has 0 aliphatic carbocycles. The number of aromatic nitrogens is 4. The van der Waals surface area contributed by atoms with E-state index in [1.807, 2.05) is 28.1 Å². The van der Waals surface area contributed by atoms with Gasteiger partial charge in [0.2, 0.25) is 5.13 Å². The lowest BCUT2D eigenvalue weighted by atomic mass is 10.4. The quantitative estimate of drug-likeness (QED) is 0.308. The molecule has 0 saturated heterocycles. The molecule has 0 radical (unpaired) electrons. The van der Waals surface area contributed by atoms with E-state index in [-0.39, 0.29) is 5.91 Å². The molecule has 5 heterocycles. The van der Waals surface area contributed by atoms with Gasteiger partial charge in [0.25, 0.3) is 5.91 Å². The Morgan fingerprint density at radius 3 is 3.08 bits per heavy atom. The van der Waals surface area contributed by atoms with E-state index in [1.54, 1.807) is 34.4 Å². The van der Waals surface area contributed by atoms with E-state index in [0.717, 1.165) is 25.4 Å². The minimum Gasteiger partial charge on any atom is -0.296 e. The molecule has 11 heteroatoms. The average molecular weight is 436 g/mol. The third-order valence-corrected chi connectivity index (χ3v) is 8.36. The monoisotopic (exact) mass is 435 g/mol. The third-order valence-electron chi connectivity index (χ3n) is 3.51. The number of anilines is 1. The molecule has 0 aliphatic rings. The van der Waals surface area contributed by atoms with Crippen LogP contribution in [0, 0.1) is 0 Å². The number of amides is 1. The van der Waals surface area contributed by atoms with Crippen LogP contribution in [0.25, 0.3) is 15.3 Å². The Labute approximate surface area is 167 Å². The summed E-state index contributed by atoms with van der Waals surface area (Å²) < 4.78 is 2.84. The van der Waals surface area contributed by atoms with Gasteiger partial charge in [-0.25, -0.2) is 4.98 Å². The van der Waals surface area contributed by atoms with Crippen molar-refractivity contribution < 1.29 is 4.79 Å². The lowest BCUT2D eigenvalue weighted by Crippen LogP contribution is -2.09. The molecule has 0 aliphatic heterocycles. The van der Waals surface area contributed by atoms with E-state index in [9.17, 15) is 4.79 Å². The number of thiophene rings is 2. The summed E-state index contributed by atoms with van der Waals surface area (Å²) in [5, 5.41) is 15.6. The number of nitrogens with one attached hydrogen (secondary N) is 1. The molecule has 5 rings (SSSR count). The van der Waals surface area contributed by atoms with Gasteiger partial charge in [-0.2, -0.15) is 0 Å². The van der Waals surface area contributed by atoms with Gasteiger partial charge in [-0.1, -0.05) is 29.2 Å². The molecule has 0 atom stereocenters. The van der Waals surface area contributed by atoms with Crippen LogP contribution in [0.4, 0.5) is 5.13 Å². The van der Waals surface area contributed by atoms with Crippen molar-refractivity contribution in [3.8, 4) is 0 Å². The summed E-state index contributed by atoms with van der Waals surface area (Å²) in [6.07, 6.45) is 1.96. The molecule has 0 saturated carbocycles. The molecule has 5 aromatic heterocycles. The zero-order chi connectivity index (χ0) is 17.5. The highest BCUT2D eigenvalue weighted by Crippen LogP contribution is 2.31. The number of hydrogen-bond acceptors (Lipinski definition) is 9. The first-order valence-corrected chi connectivity index (χ1v) is 11.8. The summed E-state index contributed by atoms with van der Waals surface area (Å²) in [5.41, 5.74) is 0.959. The van der Waals surface area contributed by atoms with E-state index in [2.05, 4.69) is 31.9 Å². The summed E-state index contributed by atoms with van der Waals surface area (Å²) in [6.45, 7) is 0. The molecule has 0 aromatic carbocycles. The van der Waals surface area contributed by atoms with Gasteiger partial charge in [-0.05, 0) is 17.5 Å². The highest BCUT2D eigenvalue weighted by Gasteiger charge is 2.17. The van der Waals surface area contributed by atoms with E-state index in [1.165, 1.54) is 27.6 Å². The number of carbonyl (C=O) groups excluding carboxylic acids is 1. The average Bonchev–Trinajstić information content (AvgIpc) is 3.40. The van der Waals surface area contributed by atoms with Crippen molar-refractivity contribution in [3.63, 3.8) is 0 Å². The number of thiazole rings is 1. The minimum absolute atomic E-state index is 0.178. The number of imidazole rings is 1. The normalized spacial score (nSPS) is 11.5. The molecule has 0 fully saturated rings. The highest BCUT2D eigenvalue weighted by atomic mass is 32.2. The molecule has 26 heavy (non-hydrogen) atoms. The second-order valence-electron chi connectivity index (χ2n) is 5.16. The Hall–Kier alpha value is -1.79. The first kappa shape index (κ1) is 16.4. The van der Waals surface area contributed by atoms with E-state index in [4.69, 9.17) is 0 Å². The molecule has 130 valence electrons. The lowest BCUT2D eigenvalue weighted by molar-refractivity contribution is 0.103. The summed E-state index contributed by atoms with van der Waals surface area (Å²) in [6, 6.07) is 6.00. The largest absolute Gasteiger partial charge is 0.296 e. The van der Waals surface area contributed by atoms with Crippen LogP contribution in [0.3, 0.4) is 0 Å². The molecule has 1 amide bonds. The Kier molecular flexibility index (Phi) is 4.25. The summed E-state index contributed by atoms with van der Waals surface area (Å²) >= 11 is 7.70. The molecule has 0 spiro atoms. The van der Waals surface area contributed by atoms with Gasteiger partial charge >= 0.3 is 0 Å². The van der Waals surface area contributed by atoms with Crippen LogP contribution >= 0.6 is 57.1 Å². The molecule has 5 aromatic rings. The zero-order valence-corrected chi connectivity index (χ0v) is 17.0. The fraction of sp³-hybridized carbons (Fsp3) is 0.0667. The number of thioether (sulfide) groups is 1. The van der Waals surface area contributed by atoms with E-state index < -0.39 is 0 Å². The van der Waals surface area contributed by atoms with Crippen molar-refractivity contribution in [1.29, 1.82) is 0 Å². The standard InChI is InChI=1S/C15H9N5OS5/c21-11(10-6-9-12(25-10)17-14-20(9)3-5-23-14)16-13-18-19-15(26-13)24-7-8-2-1-4-22-8/h1-6H,7H2,(H,16,18,21). The molecular weight excluding hydrogens is 427 g/mol. The highest BCUT2D eigenvalue weighted by molar-refractivity contribution is 8.00. The first-order valence-electron chi connectivity index (χ1n) is 7.41. The van der Waals surface area contributed by atoms with Crippen LogP contribution in [-0.2, 0) is 5.75 Å². The summed E-state index contributed by atoms with van der Waals surface area (Å²) in [7, 11) is 0. The van der Waals surface area contributed by atoms with Crippen molar-refractivity contribution in [2.45, 2.75) is 10.1 Å². The SMILES string of the molecule is O=C(Nc1nnc(SCc2cccs2)s1)c1cc2c(nc3sccn32)s1. The second kappa shape index (κ2) is 6.74. The van der Waals surface area contributed by atoms with Gasteiger partial charge in [-0.15, -0.1) is 44.2 Å². The number of rotatable bonds is 5. The molecule has 0 bridgehead atoms. The lowest BCUT2D eigenvalue weighted by Gasteiger charge is -1.96. The van der Waals surface area contributed by atoms with E-state index in [0.29, 0.717) is 10.0 Å². The number of hydrogen-bond donors (Lipinski definition) is 1.